The van der Waals surface area contributed by atoms with Crippen LogP contribution in [-0.2, 0) is 11.3 Å². The highest BCUT2D eigenvalue weighted by Gasteiger charge is 2.17. The average Bonchev–Trinajstić information content (AvgIpc) is 2.16. The lowest BCUT2D eigenvalue weighted by molar-refractivity contribution is -0.00875. The van der Waals surface area contributed by atoms with Crippen molar-refractivity contribution in [3.05, 3.63) is 23.9 Å². The van der Waals surface area contributed by atoms with Gasteiger partial charge >= 0.3 is 0 Å². The van der Waals surface area contributed by atoms with Gasteiger partial charge in [0.25, 0.3) is 0 Å². The summed E-state index contributed by atoms with van der Waals surface area (Å²) in [5.74, 6) is 5.89. The number of nitrogens with one attached hydrogen (secondary N) is 1. The van der Waals surface area contributed by atoms with E-state index < -0.39 is 0 Å². The van der Waals surface area contributed by atoms with Crippen LogP contribution < -0.4 is 11.3 Å². The third-order valence-corrected chi connectivity index (χ3v) is 2.51. The fourth-order valence-corrected chi connectivity index (χ4v) is 1.35. The number of rotatable bonds is 4. The summed E-state index contributed by atoms with van der Waals surface area (Å²) in [7, 11) is 0. The molecule has 0 saturated heterocycles. The number of hydrogen-bond acceptors (Lipinski definition) is 4. The van der Waals surface area contributed by atoms with Crippen molar-refractivity contribution in [2.24, 2.45) is 5.84 Å². The SMILES string of the molecule is NNc1ccc(COC2CCC2)cn1. The van der Waals surface area contributed by atoms with Gasteiger partial charge in [0.15, 0.2) is 0 Å². The quantitative estimate of drug-likeness (QED) is 0.561. The molecular weight excluding hydrogens is 178 g/mol. The Morgan fingerprint density at radius 2 is 2.36 bits per heavy atom. The number of aromatic nitrogens is 1. The topological polar surface area (TPSA) is 60.2 Å². The maximum absolute atomic E-state index is 5.65. The molecule has 1 aliphatic rings. The van der Waals surface area contributed by atoms with Gasteiger partial charge in [-0.2, -0.15) is 0 Å². The Morgan fingerprint density at radius 1 is 1.50 bits per heavy atom. The molecular formula is C10H15N3O. The van der Waals surface area contributed by atoms with Gasteiger partial charge in [0.05, 0.1) is 12.7 Å². The van der Waals surface area contributed by atoms with Crippen molar-refractivity contribution in [1.29, 1.82) is 0 Å². The minimum atomic E-state index is 0.474. The standard InChI is InChI=1S/C10H15N3O/c11-13-10-5-4-8(6-12-10)7-14-9-2-1-3-9/h4-6,9H,1-3,7,11H2,(H,12,13). The second-order valence-electron chi connectivity index (χ2n) is 3.56. The minimum absolute atomic E-state index is 0.474. The van der Waals surface area contributed by atoms with Crippen LogP contribution in [-0.4, -0.2) is 11.1 Å². The predicted octanol–water partition coefficient (Wildman–Crippen LogP) is 1.44. The summed E-state index contributed by atoms with van der Waals surface area (Å²) in [5, 5.41) is 0. The molecule has 0 unspecified atom stereocenters. The Kier molecular flexibility index (Phi) is 2.96. The average molecular weight is 193 g/mol. The number of pyridine rings is 1. The zero-order valence-corrected chi connectivity index (χ0v) is 8.07. The smallest absolute Gasteiger partial charge is 0.139 e. The van der Waals surface area contributed by atoms with Crippen LogP contribution in [0.15, 0.2) is 18.3 Å². The fraction of sp³-hybridized carbons (Fsp3) is 0.500. The first-order valence-corrected chi connectivity index (χ1v) is 4.91. The number of nitrogens with two attached hydrogens (primary N) is 1. The molecule has 1 saturated carbocycles. The summed E-state index contributed by atoms with van der Waals surface area (Å²) in [4.78, 5) is 4.10. The monoisotopic (exact) mass is 193 g/mol. The third kappa shape index (κ3) is 2.21. The first-order valence-electron chi connectivity index (χ1n) is 4.91. The van der Waals surface area contributed by atoms with E-state index in [-0.39, 0.29) is 0 Å². The number of nitrogen functional groups attached to an aromatic ring is 1. The van der Waals surface area contributed by atoms with Gasteiger partial charge in [-0.3, -0.25) is 0 Å². The molecule has 4 heteroatoms. The summed E-state index contributed by atoms with van der Waals surface area (Å²) >= 11 is 0. The van der Waals surface area contributed by atoms with E-state index in [9.17, 15) is 0 Å². The van der Waals surface area contributed by atoms with Gasteiger partial charge in [-0.1, -0.05) is 6.07 Å². The Labute approximate surface area is 83.4 Å². The lowest BCUT2D eigenvalue weighted by Gasteiger charge is -2.25. The van der Waals surface area contributed by atoms with Crippen molar-refractivity contribution in [1.82, 2.24) is 4.98 Å². The van der Waals surface area contributed by atoms with Gasteiger partial charge in [-0.25, -0.2) is 10.8 Å². The highest BCUT2D eigenvalue weighted by atomic mass is 16.5. The van der Waals surface area contributed by atoms with Gasteiger partial charge in [0, 0.05) is 6.20 Å². The molecule has 0 amide bonds. The normalized spacial score (nSPS) is 16.4. The van der Waals surface area contributed by atoms with Gasteiger partial charge in [0.1, 0.15) is 5.82 Å². The molecule has 1 heterocycles. The number of hydrogen-bond donors (Lipinski definition) is 2. The molecule has 0 bridgehead atoms. The Balaban J connectivity index is 1.83. The molecule has 1 aliphatic carbocycles. The van der Waals surface area contributed by atoms with E-state index >= 15 is 0 Å². The molecule has 3 N–H and O–H groups in total. The number of nitrogens with zero attached hydrogens (tertiary/aromatic N) is 1. The maximum Gasteiger partial charge on any atom is 0.139 e. The zero-order valence-electron chi connectivity index (χ0n) is 8.07. The van der Waals surface area contributed by atoms with Crippen LogP contribution in [0.5, 0.6) is 0 Å². The van der Waals surface area contributed by atoms with Crippen LogP contribution in [0.25, 0.3) is 0 Å². The van der Waals surface area contributed by atoms with Crippen molar-refractivity contribution in [3.8, 4) is 0 Å². The highest BCUT2D eigenvalue weighted by Crippen LogP contribution is 2.22. The number of hydrazine groups is 1. The Hall–Kier alpha value is -1.13. The molecule has 1 aromatic rings. The molecule has 14 heavy (non-hydrogen) atoms. The van der Waals surface area contributed by atoms with Crippen molar-refractivity contribution < 1.29 is 4.74 Å². The summed E-state index contributed by atoms with van der Waals surface area (Å²) in [6.07, 6.45) is 5.97. The number of anilines is 1. The van der Waals surface area contributed by atoms with E-state index in [0.29, 0.717) is 18.5 Å². The van der Waals surface area contributed by atoms with Crippen molar-refractivity contribution in [2.75, 3.05) is 5.43 Å². The lowest BCUT2D eigenvalue weighted by atomic mass is 9.96. The van der Waals surface area contributed by atoms with E-state index in [4.69, 9.17) is 10.6 Å². The highest BCUT2D eigenvalue weighted by molar-refractivity contribution is 5.33. The molecule has 0 atom stereocenters. The van der Waals surface area contributed by atoms with Crippen molar-refractivity contribution >= 4 is 5.82 Å². The van der Waals surface area contributed by atoms with Gasteiger partial charge in [0.2, 0.25) is 0 Å². The van der Waals surface area contributed by atoms with Gasteiger partial charge < -0.3 is 10.2 Å². The molecule has 1 aromatic heterocycles. The van der Waals surface area contributed by atoms with Gasteiger partial charge in [-0.15, -0.1) is 0 Å². The van der Waals surface area contributed by atoms with Crippen LogP contribution in [0.2, 0.25) is 0 Å². The third-order valence-electron chi connectivity index (χ3n) is 2.51. The van der Waals surface area contributed by atoms with Crippen LogP contribution in [0.1, 0.15) is 24.8 Å². The zero-order chi connectivity index (χ0) is 9.80. The molecule has 0 aromatic carbocycles. The molecule has 76 valence electrons. The van der Waals surface area contributed by atoms with Gasteiger partial charge in [-0.05, 0) is 30.9 Å². The lowest BCUT2D eigenvalue weighted by Crippen LogP contribution is -2.21. The van der Waals surface area contributed by atoms with E-state index in [1.807, 2.05) is 12.1 Å². The first-order chi connectivity index (χ1) is 6.88. The summed E-state index contributed by atoms with van der Waals surface area (Å²) < 4.78 is 5.65. The van der Waals surface area contributed by atoms with E-state index in [1.54, 1.807) is 6.20 Å². The maximum atomic E-state index is 5.65. The second kappa shape index (κ2) is 4.39. The Morgan fingerprint density at radius 3 is 2.86 bits per heavy atom. The van der Waals surface area contributed by atoms with Crippen LogP contribution in [0.3, 0.4) is 0 Å². The summed E-state index contributed by atoms with van der Waals surface area (Å²) in [6.45, 7) is 0.655. The second-order valence-corrected chi connectivity index (χ2v) is 3.56. The minimum Gasteiger partial charge on any atom is -0.373 e. The molecule has 0 aliphatic heterocycles. The van der Waals surface area contributed by atoms with E-state index in [2.05, 4.69) is 10.4 Å². The van der Waals surface area contributed by atoms with Crippen molar-refractivity contribution in [3.63, 3.8) is 0 Å². The predicted molar refractivity (Wildman–Crippen MR) is 54.5 cm³/mol. The van der Waals surface area contributed by atoms with Crippen LogP contribution in [0, 0.1) is 0 Å². The molecule has 1 fully saturated rings. The van der Waals surface area contributed by atoms with E-state index in [0.717, 1.165) is 5.56 Å². The van der Waals surface area contributed by atoms with Crippen LogP contribution >= 0.6 is 0 Å². The fourth-order valence-electron chi connectivity index (χ4n) is 1.35. The first kappa shape index (κ1) is 9.43. The molecule has 2 rings (SSSR count). The Bertz CT molecular complexity index is 282. The van der Waals surface area contributed by atoms with Crippen LogP contribution in [0.4, 0.5) is 5.82 Å². The van der Waals surface area contributed by atoms with Crippen molar-refractivity contribution in [2.45, 2.75) is 32.0 Å². The summed E-state index contributed by atoms with van der Waals surface area (Å²) in [6, 6.07) is 3.82. The largest absolute Gasteiger partial charge is 0.373 e. The molecule has 4 nitrogen and oxygen atoms in total. The molecule has 0 spiro atoms. The summed E-state index contributed by atoms with van der Waals surface area (Å²) in [5.41, 5.74) is 3.58. The number of ether oxygens (including phenoxy) is 1. The molecule has 0 radical (unpaired) electrons. The van der Waals surface area contributed by atoms with E-state index in [1.165, 1.54) is 19.3 Å².